The molecule has 0 radical (unpaired) electrons. The van der Waals surface area contributed by atoms with E-state index in [2.05, 4.69) is 31.5 Å². The number of anilines is 1. The Hall–Kier alpha value is -3.41. The lowest BCUT2D eigenvalue weighted by molar-refractivity contribution is -0.116. The van der Waals surface area contributed by atoms with Crippen LogP contribution in [0.3, 0.4) is 0 Å². The Kier molecular flexibility index (Phi) is 4.16. The van der Waals surface area contributed by atoms with Gasteiger partial charge in [-0.05, 0) is 43.0 Å². The topological polar surface area (TPSA) is 86.5 Å². The van der Waals surface area contributed by atoms with Crippen LogP contribution in [0.15, 0.2) is 54.7 Å². The van der Waals surface area contributed by atoms with Gasteiger partial charge in [0.1, 0.15) is 5.82 Å². The number of aromatic amines is 2. The predicted octanol–water partition coefficient (Wildman–Crippen LogP) is 4.40. The summed E-state index contributed by atoms with van der Waals surface area (Å²) in [5.74, 6) is 2.17. The summed E-state index contributed by atoms with van der Waals surface area (Å²) in [6.45, 7) is 0. The summed E-state index contributed by atoms with van der Waals surface area (Å²) in [5.41, 5.74) is 3.92. The lowest BCUT2D eigenvalue weighted by atomic mass is 10.1. The van der Waals surface area contributed by atoms with Gasteiger partial charge in [0.2, 0.25) is 5.91 Å². The molecule has 2 aromatic carbocycles. The average Bonchev–Trinajstić information content (AvgIpc) is 3.30. The van der Waals surface area contributed by atoms with Crippen LogP contribution in [0.25, 0.3) is 22.3 Å². The maximum Gasteiger partial charge on any atom is 0.224 e. The van der Waals surface area contributed by atoms with Gasteiger partial charge in [0.15, 0.2) is 5.82 Å². The van der Waals surface area contributed by atoms with E-state index in [1.165, 1.54) is 18.2 Å². The Balaban J connectivity index is 1.24. The first kappa shape index (κ1) is 16.7. The molecule has 0 aliphatic heterocycles. The van der Waals surface area contributed by atoms with Gasteiger partial charge in [0.05, 0.1) is 0 Å². The van der Waals surface area contributed by atoms with Gasteiger partial charge in [-0.25, -0.2) is 4.98 Å². The second-order valence-corrected chi connectivity index (χ2v) is 7.31. The molecule has 1 aliphatic carbocycles. The summed E-state index contributed by atoms with van der Waals surface area (Å²) >= 11 is 0. The number of aryl methyl sites for hydroxylation is 1. The standard InChI is InChI=1S/C22H21N5O/c28-20(11-10-16-13-23-19-7-2-1-6-18(16)19)24-17-5-3-4-15(12-17)22-25-21(26-27-22)14-8-9-14/h1-7,12-14,23H,8-11H2,(H,24,28)(H,25,26,27). The first-order valence-corrected chi connectivity index (χ1v) is 9.64. The van der Waals surface area contributed by atoms with Crippen molar-refractivity contribution in [2.24, 2.45) is 0 Å². The van der Waals surface area contributed by atoms with Crippen molar-refractivity contribution in [3.63, 3.8) is 0 Å². The van der Waals surface area contributed by atoms with E-state index in [9.17, 15) is 4.79 Å². The van der Waals surface area contributed by atoms with E-state index >= 15 is 0 Å². The monoisotopic (exact) mass is 371 g/mol. The van der Waals surface area contributed by atoms with Crippen LogP contribution in [-0.4, -0.2) is 26.1 Å². The zero-order valence-corrected chi connectivity index (χ0v) is 15.4. The van der Waals surface area contributed by atoms with Gasteiger partial charge in [-0.15, -0.1) is 0 Å². The van der Waals surface area contributed by atoms with E-state index in [0.29, 0.717) is 24.6 Å². The van der Waals surface area contributed by atoms with Crippen molar-refractivity contribution in [2.45, 2.75) is 31.6 Å². The highest BCUT2D eigenvalue weighted by atomic mass is 16.1. The van der Waals surface area contributed by atoms with Crippen molar-refractivity contribution in [1.82, 2.24) is 20.2 Å². The van der Waals surface area contributed by atoms with Gasteiger partial charge < -0.3 is 10.3 Å². The van der Waals surface area contributed by atoms with Crippen LogP contribution >= 0.6 is 0 Å². The molecule has 0 bridgehead atoms. The summed E-state index contributed by atoms with van der Waals surface area (Å²) in [7, 11) is 0. The van der Waals surface area contributed by atoms with E-state index in [-0.39, 0.29) is 5.91 Å². The van der Waals surface area contributed by atoms with Crippen molar-refractivity contribution in [2.75, 3.05) is 5.32 Å². The van der Waals surface area contributed by atoms with Gasteiger partial charge in [0, 0.05) is 40.7 Å². The third-order valence-electron chi connectivity index (χ3n) is 5.17. The molecule has 3 N–H and O–H groups in total. The van der Waals surface area contributed by atoms with Crippen LogP contribution in [0, 0.1) is 0 Å². The molecule has 0 spiro atoms. The summed E-state index contributed by atoms with van der Waals surface area (Å²) in [4.78, 5) is 20.3. The molecule has 5 rings (SSSR count). The number of rotatable bonds is 6. The molecule has 0 unspecified atom stereocenters. The molecular weight excluding hydrogens is 350 g/mol. The van der Waals surface area contributed by atoms with Crippen molar-refractivity contribution in [3.8, 4) is 11.4 Å². The fourth-order valence-corrected chi connectivity index (χ4v) is 3.49. The summed E-state index contributed by atoms with van der Waals surface area (Å²) in [6.07, 6.45) is 5.47. The maximum atomic E-state index is 12.4. The van der Waals surface area contributed by atoms with Crippen LogP contribution in [0.5, 0.6) is 0 Å². The summed E-state index contributed by atoms with van der Waals surface area (Å²) < 4.78 is 0. The minimum Gasteiger partial charge on any atom is -0.361 e. The quantitative estimate of drug-likeness (QED) is 0.469. The predicted molar refractivity (Wildman–Crippen MR) is 109 cm³/mol. The third kappa shape index (κ3) is 3.41. The number of H-pyrrole nitrogens is 2. The largest absolute Gasteiger partial charge is 0.361 e. The highest BCUT2D eigenvalue weighted by Crippen LogP contribution is 2.38. The van der Waals surface area contributed by atoms with Gasteiger partial charge >= 0.3 is 0 Å². The molecule has 28 heavy (non-hydrogen) atoms. The van der Waals surface area contributed by atoms with Crippen LogP contribution < -0.4 is 5.32 Å². The second-order valence-electron chi connectivity index (χ2n) is 7.31. The number of hydrogen-bond acceptors (Lipinski definition) is 3. The number of carbonyl (C=O) groups excluding carboxylic acids is 1. The fourth-order valence-electron chi connectivity index (χ4n) is 3.49. The van der Waals surface area contributed by atoms with E-state index < -0.39 is 0 Å². The Morgan fingerprint density at radius 2 is 2.04 bits per heavy atom. The van der Waals surface area contributed by atoms with Crippen molar-refractivity contribution in [3.05, 3.63) is 66.1 Å². The Morgan fingerprint density at radius 1 is 1.14 bits per heavy atom. The number of hydrogen-bond donors (Lipinski definition) is 3. The molecule has 4 aromatic rings. The number of carbonyl (C=O) groups is 1. The molecule has 6 nitrogen and oxygen atoms in total. The number of para-hydroxylation sites is 1. The normalized spacial score (nSPS) is 13.7. The zero-order chi connectivity index (χ0) is 18.9. The van der Waals surface area contributed by atoms with Crippen LogP contribution in [0.1, 0.15) is 36.6 Å². The molecule has 140 valence electrons. The lowest BCUT2D eigenvalue weighted by Crippen LogP contribution is -2.12. The van der Waals surface area contributed by atoms with Gasteiger partial charge in [-0.2, -0.15) is 5.10 Å². The molecule has 0 atom stereocenters. The van der Waals surface area contributed by atoms with Crippen molar-refractivity contribution in [1.29, 1.82) is 0 Å². The SMILES string of the molecule is O=C(CCc1c[nH]c2ccccc12)Nc1cccc(-c2n[nH]c(C3CC3)n2)c1. The number of benzene rings is 2. The number of aromatic nitrogens is 4. The minimum atomic E-state index is -0.00362. The molecule has 1 saturated carbocycles. The second kappa shape index (κ2) is 6.96. The Labute approximate surface area is 162 Å². The first-order chi connectivity index (χ1) is 13.8. The smallest absolute Gasteiger partial charge is 0.224 e. The van der Waals surface area contributed by atoms with Crippen molar-refractivity contribution < 1.29 is 4.79 Å². The number of fused-ring (bicyclic) bond motifs is 1. The van der Waals surface area contributed by atoms with Gasteiger partial charge in [-0.3, -0.25) is 9.89 Å². The Morgan fingerprint density at radius 3 is 2.93 bits per heavy atom. The highest BCUT2D eigenvalue weighted by Gasteiger charge is 2.27. The van der Waals surface area contributed by atoms with Crippen LogP contribution in [0.4, 0.5) is 5.69 Å². The van der Waals surface area contributed by atoms with Crippen LogP contribution in [0.2, 0.25) is 0 Å². The average molecular weight is 371 g/mol. The fraction of sp³-hybridized carbons (Fsp3) is 0.227. The van der Waals surface area contributed by atoms with Crippen molar-refractivity contribution >= 4 is 22.5 Å². The molecule has 0 saturated heterocycles. The first-order valence-electron chi connectivity index (χ1n) is 9.64. The molecule has 1 aliphatic rings. The molecule has 2 heterocycles. The van der Waals surface area contributed by atoms with E-state index in [4.69, 9.17) is 0 Å². The lowest BCUT2D eigenvalue weighted by Gasteiger charge is -2.06. The minimum absolute atomic E-state index is 0.00362. The van der Waals surface area contributed by atoms with Gasteiger partial charge in [-0.1, -0.05) is 30.3 Å². The number of nitrogens with one attached hydrogen (secondary N) is 3. The molecule has 1 amide bonds. The summed E-state index contributed by atoms with van der Waals surface area (Å²) in [5, 5.41) is 11.5. The third-order valence-corrected chi connectivity index (χ3v) is 5.17. The molecule has 6 heteroatoms. The van der Waals surface area contributed by atoms with E-state index in [1.807, 2.05) is 48.7 Å². The number of amides is 1. The highest BCUT2D eigenvalue weighted by molar-refractivity contribution is 5.92. The summed E-state index contributed by atoms with van der Waals surface area (Å²) in [6, 6.07) is 15.8. The molecule has 2 aromatic heterocycles. The zero-order valence-electron chi connectivity index (χ0n) is 15.4. The maximum absolute atomic E-state index is 12.4. The van der Waals surface area contributed by atoms with E-state index in [1.54, 1.807) is 0 Å². The van der Waals surface area contributed by atoms with Crippen LogP contribution in [-0.2, 0) is 11.2 Å². The van der Waals surface area contributed by atoms with E-state index in [0.717, 1.165) is 28.2 Å². The molecule has 1 fully saturated rings. The molecular formula is C22H21N5O. The number of nitrogens with zero attached hydrogens (tertiary/aromatic N) is 2. The van der Waals surface area contributed by atoms with Gasteiger partial charge in [0.25, 0.3) is 0 Å². The Bertz CT molecular complexity index is 1140.